The molecule has 86 valence electrons. The van der Waals surface area contributed by atoms with E-state index in [9.17, 15) is 10.1 Å². The summed E-state index contributed by atoms with van der Waals surface area (Å²) in [5, 5.41) is 14.1. The number of benzene rings is 1. The molecule has 1 aliphatic rings. The van der Waals surface area contributed by atoms with E-state index in [1.807, 2.05) is 6.07 Å². The fraction of sp³-hybridized carbons (Fsp3) is 0.455. The third-order valence-electron chi connectivity index (χ3n) is 2.96. The lowest BCUT2D eigenvalue weighted by molar-refractivity contribution is -0.385. The largest absolute Gasteiger partial charge is 0.307 e. The van der Waals surface area contributed by atoms with Crippen molar-refractivity contribution in [3.05, 3.63) is 38.3 Å². The number of rotatable bonds is 4. The average molecular weight is 285 g/mol. The molecule has 0 bridgehead atoms. The third kappa shape index (κ3) is 2.41. The fourth-order valence-corrected chi connectivity index (χ4v) is 2.07. The highest BCUT2D eigenvalue weighted by Gasteiger charge is 2.36. The van der Waals surface area contributed by atoms with Crippen LogP contribution in [-0.2, 0) is 6.54 Å². The zero-order chi connectivity index (χ0) is 11.8. The Labute approximate surface area is 102 Å². The number of nitro groups is 1. The van der Waals surface area contributed by atoms with Crippen molar-refractivity contribution in [1.29, 1.82) is 0 Å². The van der Waals surface area contributed by atoms with Crippen LogP contribution < -0.4 is 5.32 Å². The van der Waals surface area contributed by atoms with Gasteiger partial charge in [0.05, 0.1) is 9.40 Å². The summed E-state index contributed by atoms with van der Waals surface area (Å²) >= 11 is 3.29. The van der Waals surface area contributed by atoms with Gasteiger partial charge in [-0.1, -0.05) is 12.1 Å². The highest BCUT2D eigenvalue weighted by molar-refractivity contribution is 9.10. The fourth-order valence-electron chi connectivity index (χ4n) is 1.52. The topological polar surface area (TPSA) is 55.2 Å². The molecule has 0 atom stereocenters. The molecule has 0 aliphatic heterocycles. The molecule has 0 saturated heterocycles. The van der Waals surface area contributed by atoms with Crippen LogP contribution in [0.3, 0.4) is 0 Å². The minimum absolute atomic E-state index is 0.125. The molecule has 1 aromatic rings. The Morgan fingerprint density at radius 3 is 2.81 bits per heavy atom. The van der Waals surface area contributed by atoms with Crippen LogP contribution in [0, 0.1) is 10.1 Å². The summed E-state index contributed by atoms with van der Waals surface area (Å²) in [7, 11) is 0. The van der Waals surface area contributed by atoms with E-state index in [1.165, 1.54) is 18.9 Å². The van der Waals surface area contributed by atoms with Gasteiger partial charge >= 0.3 is 0 Å². The third-order valence-corrected chi connectivity index (χ3v) is 3.88. The summed E-state index contributed by atoms with van der Waals surface area (Å²) in [5.74, 6) is 0. The number of hydrogen-bond donors (Lipinski definition) is 1. The van der Waals surface area contributed by atoms with Crippen molar-refractivity contribution in [2.24, 2.45) is 0 Å². The first-order valence-corrected chi connectivity index (χ1v) is 5.98. The van der Waals surface area contributed by atoms with E-state index >= 15 is 0 Å². The molecule has 1 saturated carbocycles. The van der Waals surface area contributed by atoms with Crippen LogP contribution >= 0.6 is 15.9 Å². The second kappa shape index (κ2) is 4.14. The van der Waals surface area contributed by atoms with E-state index in [4.69, 9.17) is 0 Å². The Balaban J connectivity index is 2.14. The number of nitro benzene ring substituents is 1. The summed E-state index contributed by atoms with van der Waals surface area (Å²) in [6.45, 7) is 2.83. The first kappa shape index (κ1) is 11.5. The molecule has 0 heterocycles. The van der Waals surface area contributed by atoms with Gasteiger partial charge in [-0.2, -0.15) is 0 Å². The SMILES string of the molecule is CC1(NCc2cccc([N+](=O)[O-])c2Br)CC1. The van der Waals surface area contributed by atoms with Crippen LogP contribution in [0.15, 0.2) is 22.7 Å². The first-order chi connectivity index (χ1) is 7.52. The van der Waals surface area contributed by atoms with Gasteiger partial charge in [-0.3, -0.25) is 10.1 Å². The van der Waals surface area contributed by atoms with E-state index < -0.39 is 0 Å². The smallest absolute Gasteiger partial charge is 0.283 e. The summed E-state index contributed by atoms with van der Waals surface area (Å²) in [4.78, 5) is 10.4. The summed E-state index contributed by atoms with van der Waals surface area (Å²) in [6.07, 6.45) is 2.36. The van der Waals surface area contributed by atoms with E-state index in [2.05, 4.69) is 28.2 Å². The average Bonchev–Trinajstić information content (AvgIpc) is 2.95. The van der Waals surface area contributed by atoms with Gasteiger partial charge in [0, 0.05) is 18.2 Å². The Morgan fingerprint density at radius 1 is 1.56 bits per heavy atom. The number of hydrogen-bond acceptors (Lipinski definition) is 3. The molecule has 2 rings (SSSR count). The zero-order valence-electron chi connectivity index (χ0n) is 9.00. The minimum atomic E-state index is -0.369. The molecule has 0 unspecified atom stereocenters. The molecule has 16 heavy (non-hydrogen) atoms. The van der Waals surface area contributed by atoms with E-state index in [1.54, 1.807) is 6.07 Å². The van der Waals surface area contributed by atoms with Crippen molar-refractivity contribution in [1.82, 2.24) is 5.32 Å². The molecule has 0 aromatic heterocycles. The molecule has 1 fully saturated rings. The van der Waals surface area contributed by atoms with E-state index in [0.717, 1.165) is 5.56 Å². The van der Waals surface area contributed by atoms with Gasteiger partial charge in [0.15, 0.2) is 0 Å². The minimum Gasteiger partial charge on any atom is -0.307 e. The Hall–Kier alpha value is -0.940. The van der Waals surface area contributed by atoms with Gasteiger partial charge in [0.25, 0.3) is 5.69 Å². The second-order valence-corrected chi connectivity index (χ2v) is 5.21. The Kier molecular flexibility index (Phi) is 2.99. The number of nitrogens with one attached hydrogen (secondary N) is 1. The van der Waals surface area contributed by atoms with Crippen molar-refractivity contribution in [3.63, 3.8) is 0 Å². The molecule has 4 nitrogen and oxygen atoms in total. The maximum atomic E-state index is 10.7. The molecular weight excluding hydrogens is 272 g/mol. The molecule has 1 aromatic carbocycles. The van der Waals surface area contributed by atoms with Gasteiger partial charge < -0.3 is 5.32 Å². The van der Waals surface area contributed by atoms with E-state index in [0.29, 0.717) is 11.0 Å². The molecule has 0 spiro atoms. The highest BCUT2D eigenvalue weighted by Crippen LogP contribution is 2.35. The summed E-state index contributed by atoms with van der Waals surface area (Å²) in [5.41, 5.74) is 1.30. The van der Waals surface area contributed by atoms with Crippen LogP contribution in [-0.4, -0.2) is 10.5 Å². The number of nitrogens with zero attached hydrogens (tertiary/aromatic N) is 1. The van der Waals surface area contributed by atoms with Crippen molar-refractivity contribution in [3.8, 4) is 0 Å². The predicted octanol–water partition coefficient (Wildman–Crippen LogP) is 3.00. The van der Waals surface area contributed by atoms with Crippen LogP contribution in [0.5, 0.6) is 0 Å². The lowest BCUT2D eigenvalue weighted by Gasteiger charge is -2.12. The van der Waals surface area contributed by atoms with Gasteiger partial charge in [0.2, 0.25) is 0 Å². The van der Waals surface area contributed by atoms with Crippen molar-refractivity contribution >= 4 is 21.6 Å². The van der Waals surface area contributed by atoms with Crippen LogP contribution in [0.4, 0.5) is 5.69 Å². The molecular formula is C11H13BrN2O2. The zero-order valence-corrected chi connectivity index (χ0v) is 10.6. The lowest BCUT2D eigenvalue weighted by atomic mass is 10.2. The van der Waals surface area contributed by atoms with Crippen LogP contribution in [0.2, 0.25) is 0 Å². The predicted molar refractivity (Wildman–Crippen MR) is 65.3 cm³/mol. The maximum Gasteiger partial charge on any atom is 0.283 e. The maximum absolute atomic E-state index is 10.7. The molecule has 0 radical (unpaired) electrons. The van der Waals surface area contributed by atoms with Crippen LogP contribution in [0.1, 0.15) is 25.3 Å². The van der Waals surface area contributed by atoms with Gasteiger partial charge in [-0.25, -0.2) is 0 Å². The second-order valence-electron chi connectivity index (χ2n) is 4.42. The molecule has 0 amide bonds. The normalized spacial score (nSPS) is 17.1. The van der Waals surface area contributed by atoms with Crippen molar-refractivity contribution in [2.45, 2.75) is 31.8 Å². The summed E-state index contributed by atoms with van der Waals surface area (Å²) < 4.78 is 0.580. The van der Waals surface area contributed by atoms with Gasteiger partial charge in [0.1, 0.15) is 0 Å². The molecule has 5 heteroatoms. The quantitative estimate of drug-likeness (QED) is 0.683. The van der Waals surface area contributed by atoms with Gasteiger partial charge in [-0.15, -0.1) is 0 Å². The molecule has 1 N–H and O–H groups in total. The Morgan fingerprint density at radius 2 is 2.25 bits per heavy atom. The van der Waals surface area contributed by atoms with Crippen molar-refractivity contribution < 1.29 is 4.92 Å². The molecule has 1 aliphatic carbocycles. The lowest BCUT2D eigenvalue weighted by Crippen LogP contribution is -2.27. The van der Waals surface area contributed by atoms with Crippen LogP contribution in [0.25, 0.3) is 0 Å². The van der Waals surface area contributed by atoms with E-state index in [-0.39, 0.29) is 16.1 Å². The first-order valence-electron chi connectivity index (χ1n) is 5.19. The van der Waals surface area contributed by atoms with Gasteiger partial charge in [-0.05, 0) is 41.3 Å². The summed E-state index contributed by atoms with van der Waals surface area (Å²) in [6, 6.07) is 5.12. The monoisotopic (exact) mass is 284 g/mol. The highest BCUT2D eigenvalue weighted by atomic mass is 79.9. The van der Waals surface area contributed by atoms with Crippen molar-refractivity contribution in [2.75, 3.05) is 0 Å². The standard InChI is InChI=1S/C11H13BrN2O2/c1-11(5-6-11)13-7-8-3-2-4-9(10(8)12)14(15)16/h2-4,13H,5-7H2,1H3. The number of halogens is 1. The Bertz CT molecular complexity index is 430.